The molecule has 0 radical (unpaired) electrons. The number of nitrogens with zero attached hydrogens (tertiary/aromatic N) is 1. The number of methoxy groups -OCH3 is 1. The van der Waals surface area contributed by atoms with Crippen LogP contribution in [0.1, 0.15) is 28.8 Å². The van der Waals surface area contributed by atoms with Crippen molar-refractivity contribution in [2.45, 2.75) is 19.4 Å². The minimum atomic E-state index is -0.375. The van der Waals surface area contributed by atoms with Gasteiger partial charge in [-0.3, -0.25) is 9.69 Å². The Morgan fingerprint density at radius 1 is 1.45 bits per heavy atom. The zero-order valence-corrected chi connectivity index (χ0v) is 13.7. The maximum atomic E-state index is 11.8. The van der Waals surface area contributed by atoms with Gasteiger partial charge in [-0.2, -0.15) is 0 Å². The summed E-state index contributed by atoms with van der Waals surface area (Å²) in [5.41, 5.74) is 1.36. The first-order valence-corrected chi connectivity index (χ1v) is 7.73. The van der Waals surface area contributed by atoms with Crippen LogP contribution in [-0.4, -0.2) is 44.0 Å². The third-order valence-corrected chi connectivity index (χ3v) is 4.35. The van der Waals surface area contributed by atoms with E-state index < -0.39 is 0 Å². The number of rotatable bonds is 4. The van der Waals surface area contributed by atoms with Gasteiger partial charge in [-0.05, 0) is 43.1 Å². The lowest BCUT2D eigenvalue weighted by Crippen LogP contribution is -2.41. The van der Waals surface area contributed by atoms with Crippen LogP contribution in [0.4, 0.5) is 0 Å². The highest BCUT2D eigenvalue weighted by atomic mass is 35.5. The van der Waals surface area contributed by atoms with Crippen LogP contribution in [-0.2, 0) is 16.1 Å². The van der Waals surface area contributed by atoms with E-state index in [4.69, 9.17) is 16.3 Å². The summed E-state index contributed by atoms with van der Waals surface area (Å²) in [4.78, 5) is 25.6. The fraction of sp³-hybridized carbons (Fsp3) is 0.500. The van der Waals surface area contributed by atoms with E-state index in [0.717, 1.165) is 24.9 Å². The number of nitrogens with one attached hydrogen (secondary N) is 1. The van der Waals surface area contributed by atoms with Gasteiger partial charge in [0.1, 0.15) is 0 Å². The molecule has 1 N–H and O–H groups in total. The largest absolute Gasteiger partial charge is 0.465 e. The molecule has 0 aliphatic carbocycles. The molecular weight excluding hydrogens is 304 g/mol. The SMILES string of the molecule is CNC(=O)[C@H]1CCCN(Cc2cc(C(=O)OC)ccc2Cl)C1. The van der Waals surface area contributed by atoms with Crippen LogP contribution in [0.5, 0.6) is 0 Å². The predicted octanol–water partition coefficient (Wildman–Crippen LogP) is 2.08. The van der Waals surface area contributed by atoms with Gasteiger partial charge < -0.3 is 10.1 Å². The smallest absolute Gasteiger partial charge is 0.337 e. The summed E-state index contributed by atoms with van der Waals surface area (Å²) in [6.45, 7) is 2.25. The molecule has 0 bridgehead atoms. The molecule has 6 heteroatoms. The molecule has 22 heavy (non-hydrogen) atoms. The lowest BCUT2D eigenvalue weighted by atomic mass is 9.96. The Bertz CT molecular complexity index is 562. The first-order chi connectivity index (χ1) is 10.5. The highest BCUT2D eigenvalue weighted by molar-refractivity contribution is 6.31. The molecule has 0 unspecified atom stereocenters. The molecule has 1 heterocycles. The maximum Gasteiger partial charge on any atom is 0.337 e. The van der Waals surface area contributed by atoms with Crippen LogP contribution in [0, 0.1) is 5.92 Å². The van der Waals surface area contributed by atoms with E-state index in [1.165, 1.54) is 7.11 Å². The zero-order valence-electron chi connectivity index (χ0n) is 12.9. The third kappa shape index (κ3) is 3.99. The Morgan fingerprint density at radius 2 is 2.23 bits per heavy atom. The second kappa shape index (κ2) is 7.61. The molecule has 1 aromatic carbocycles. The monoisotopic (exact) mass is 324 g/mol. The molecule has 1 aliphatic rings. The van der Waals surface area contributed by atoms with Crippen LogP contribution < -0.4 is 5.32 Å². The first-order valence-electron chi connectivity index (χ1n) is 7.36. The standard InChI is InChI=1S/C16H21ClN2O3/c1-18-15(20)12-4-3-7-19(9-12)10-13-8-11(16(21)22-2)5-6-14(13)17/h5-6,8,12H,3-4,7,9-10H2,1-2H3,(H,18,20)/t12-/m0/s1. The van der Waals surface area contributed by atoms with Crippen molar-refractivity contribution in [1.29, 1.82) is 0 Å². The molecule has 0 saturated carbocycles. The number of piperidine rings is 1. The number of esters is 1. The summed E-state index contributed by atoms with van der Waals surface area (Å²) in [6.07, 6.45) is 1.89. The summed E-state index contributed by atoms with van der Waals surface area (Å²) in [5, 5.41) is 3.33. The van der Waals surface area contributed by atoms with Gasteiger partial charge in [-0.1, -0.05) is 11.6 Å². The number of benzene rings is 1. The average Bonchev–Trinajstić information content (AvgIpc) is 2.55. The maximum absolute atomic E-state index is 11.8. The minimum absolute atomic E-state index is 0.0151. The predicted molar refractivity (Wildman–Crippen MR) is 84.9 cm³/mol. The first kappa shape index (κ1) is 16.8. The van der Waals surface area contributed by atoms with Crippen molar-refractivity contribution in [3.8, 4) is 0 Å². The van der Waals surface area contributed by atoms with E-state index >= 15 is 0 Å². The lowest BCUT2D eigenvalue weighted by molar-refractivity contribution is -0.126. The van der Waals surface area contributed by atoms with Crippen LogP contribution in [0.15, 0.2) is 18.2 Å². The van der Waals surface area contributed by atoms with Crippen molar-refractivity contribution in [1.82, 2.24) is 10.2 Å². The van der Waals surface area contributed by atoms with Crippen LogP contribution >= 0.6 is 11.6 Å². The molecule has 1 atom stereocenters. The average molecular weight is 325 g/mol. The van der Waals surface area contributed by atoms with E-state index in [0.29, 0.717) is 23.7 Å². The number of likely N-dealkylation sites (tertiary alicyclic amines) is 1. The highest BCUT2D eigenvalue weighted by Crippen LogP contribution is 2.23. The number of carbonyl (C=O) groups is 2. The van der Waals surface area contributed by atoms with Gasteiger partial charge in [0.25, 0.3) is 0 Å². The fourth-order valence-corrected chi connectivity index (χ4v) is 2.98. The molecule has 0 spiro atoms. The van der Waals surface area contributed by atoms with Crippen molar-refractivity contribution in [3.05, 3.63) is 34.3 Å². The quantitative estimate of drug-likeness (QED) is 0.862. The second-order valence-electron chi connectivity index (χ2n) is 5.49. The summed E-state index contributed by atoms with van der Waals surface area (Å²) in [6, 6.07) is 5.13. The Labute approximate surface area is 135 Å². The lowest BCUT2D eigenvalue weighted by Gasteiger charge is -2.32. The van der Waals surface area contributed by atoms with Gasteiger partial charge in [0.15, 0.2) is 0 Å². The van der Waals surface area contributed by atoms with E-state index in [1.54, 1.807) is 25.2 Å². The summed E-state index contributed by atoms with van der Waals surface area (Å²) >= 11 is 6.23. The van der Waals surface area contributed by atoms with Gasteiger partial charge in [0.05, 0.1) is 18.6 Å². The van der Waals surface area contributed by atoms with Crippen molar-refractivity contribution in [2.24, 2.45) is 5.92 Å². The molecule has 5 nitrogen and oxygen atoms in total. The summed E-state index contributed by atoms with van der Waals surface area (Å²) < 4.78 is 4.74. The third-order valence-electron chi connectivity index (χ3n) is 3.98. The number of ether oxygens (including phenoxy) is 1. The highest BCUT2D eigenvalue weighted by Gasteiger charge is 2.25. The zero-order chi connectivity index (χ0) is 16.1. The number of carbonyl (C=O) groups excluding carboxylic acids is 2. The fourth-order valence-electron chi connectivity index (χ4n) is 2.80. The van der Waals surface area contributed by atoms with Crippen molar-refractivity contribution in [2.75, 3.05) is 27.2 Å². The van der Waals surface area contributed by atoms with E-state index in [9.17, 15) is 9.59 Å². The van der Waals surface area contributed by atoms with E-state index in [1.807, 2.05) is 0 Å². The Balaban J connectivity index is 2.09. The Morgan fingerprint density at radius 3 is 2.91 bits per heavy atom. The van der Waals surface area contributed by atoms with E-state index in [-0.39, 0.29) is 17.8 Å². The topological polar surface area (TPSA) is 58.6 Å². The van der Waals surface area contributed by atoms with E-state index in [2.05, 4.69) is 10.2 Å². The van der Waals surface area contributed by atoms with Crippen LogP contribution in [0.2, 0.25) is 5.02 Å². The minimum Gasteiger partial charge on any atom is -0.465 e. The molecule has 1 saturated heterocycles. The molecule has 0 aromatic heterocycles. The number of hydrogen-bond acceptors (Lipinski definition) is 4. The summed E-state index contributed by atoms with van der Waals surface area (Å²) in [7, 11) is 3.02. The number of hydrogen-bond donors (Lipinski definition) is 1. The molecule has 1 aromatic rings. The Hall–Kier alpha value is -1.59. The van der Waals surface area contributed by atoms with Gasteiger partial charge in [0, 0.05) is 25.2 Å². The molecule has 1 aliphatic heterocycles. The summed E-state index contributed by atoms with van der Waals surface area (Å²) in [5.74, 6) is -0.278. The number of halogens is 1. The van der Waals surface area contributed by atoms with Crippen molar-refractivity contribution < 1.29 is 14.3 Å². The molecule has 120 valence electrons. The molecule has 1 fully saturated rings. The van der Waals surface area contributed by atoms with Crippen molar-refractivity contribution in [3.63, 3.8) is 0 Å². The molecule has 1 amide bonds. The normalized spacial score (nSPS) is 18.8. The number of amides is 1. The van der Waals surface area contributed by atoms with Gasteiger partial charge >= 0.3 is 5.97 Å². The van der Waals surface area contributed by atoms with Crippen LogP contribution in [0.3, 0.4) is 0 Å². The van der Waals surface area contributed by atoms with Crippen molar-refractivity contribution >= 4 is 23.5 Å². The van der Waals surface area contributed by atoms with Gasteiger partial charge in [0.2, 0.25) is 5.91 Å². The Kier molecular flexibility index (Phi) is 5.80. The second-order valence-corrected chi connectivity index (χ2v) is 5.89. The van der Waals surface area contributed by atoms with Gasteiger partial charge in [-0.25, -0.2) is 4.79 Å². The molecule has 2 rings (SSSR count). The van der Waals surface area contributed by atoms with Gasteiger partial charge in [-0.15, -0.1) is 0 Å². The van der Waals surface area contributed by atoms with Crippen LogP contribution in [0.25, 0.3) is 0 Å². The molecular formula is C16H21ClN2O3.